The lowest BCUT2D eigenvalue weighted by atomic mass is 9.83. The maximum Gasteiger partial charge on any atom is 0.0813 e. The lowest BCUT2D eigenvalue weighted by molar-refractivity contribution is 0.211. The van der Waals surface area contributed by atoms with Gasteiger partial charge in [0.05, 0.1) is 11.8 Å². The summed E-state index contributed by atoms with van der Waals surface area (Å²) >= 11 is 12.1. The van der Waals surface area contributed by atoms with Crippen LogP contribution in [0, 0.1) is 5.92 Å². The van der Waals surface area contributed by atoms with E-state index in [9.17, 15) is 0 Å². The number of benzene rings is 2. The minimum Gasteiger partial charge on any atom is -0.301 e. The predicted molar refractivity (Wildman–Crippen MR) is 110 cm³/mol. The smallest absolute Gasteiger partial charge is 0.0813 e. The number of piperidine rings is 1. The van der Waals surface area contributed by atoms with Gasteiger partial charge < -0.3 is 4.90 Å². The second-order valence-electron chi connectivity index (χ2n) is 7.08. The second-order valence-corrected chi connectivity index (χ2v) is 7.95. The quantitative estimate of drug-likeness (QED) is 0.725. The summed E-state index contributed by atoms with van der Waals surface area (Å²) in [6.45, 7) is 1.90. The molecule has 2 aliphatic rings. The standard InChI is InChI=1S/C21H21Cl2N3/c1-25-12-16(11-14-3-7-17(22)8-4-14)20-19(13-25)21(26(2)24-20)15-5-9-18(23)10-6-15/h3-11,19,21H,12-13H2,1-2H3/b16-11-/t19-,21-/m1/s1. The molecular formula is C21H21Cl2N3. The van der Waals surface area contributed by atoms with Gasteiger partial charge in [-0.15, -0.1) is 0 Å². The molecule has 2 atom stereocenters. The van der Waals surface area contributed by atoms with E-state index in [1.807, 2.05) is 24.3 Å². The summed E-state index contributed by atoms with van der Waals surface area (Å²) in [6.07, 6.45) is 2.23. The molecule has 0 bridgehead atoms. The SMILES string of the molecule is CN1C/C(=C/c2ccc(Cl)cc2)C2=NN(C)[C@H](c3ccc(Cl)cc3)[C@@H]2C1. The summed E-state index contributed by atoms with van der Waals surface area (Å²) in [5, 5.41) is 8.53. The van der Waals surface area contributed by atoms with E-state index < -0.39 is 0 Å². The van der Waals surface area contributed by atoms with Gasteiger partial charge in [-0.05, 0) is 54.1 Å². The number of rotatable bonds is 2. The fourth-order valence-electron chi connectivity index (χ4n) is 3.96. The lowest BCUT2D eigenvalue weighted by Crippen LogP contribution is -2.41. The van der Waals surface area contributed by atoms with E-state index in [-0.39, 0.29) is 6.04 Å². The highest BCUT2D eigenvalue weighted by Crippen LogP contribution is 2.39. The van der Waals surface area contributed by atoms with Gasteiger partial charge in [0, 0.05) is 36.1 Å². The van der Waals surface area contributed by atoms with E-state index >= 15 is 0 Å². The molecule has 2 aromatic carbocycles. The van der Waals surface area contributed by atoms with Crippen molar-refractivity contribution in [1.82, 2.24) is 9.91 Å². The van der Waals surface area contributed by atoms with Crippen LogP contribution >= 0.6 is 23.2 Å². The van der Waals surface area contributed by atoms with Crippen molar-refractivity contribution in [2.75, 3.05) is 27.2 Å². The van der Waals surface area contributed by atoms with Gasteiger partial charge >= 0.3 is 0 Å². The summed E-state index contributed by atoms with van der Waals surface area (Å²) in [5.41, 5.74) is 4.87. The maximum atomic E-state index is 6.07. The molecule has 0 unspecified atom stereocenters. The molecule has 5 heteroatoms. The second kappa shape index (κ2) is 7.07. The fraction of sp³-hybridized carbons (Fsp3) is 0.286. The Morgan fingerprint density at radius 1 is 0.962 bits per heavy atom. The van der Waals surface area contributed by atoms with E-state index in [0.29, 0.717) is 5.92 Å². The van der Waals surface area contributed by atoms with Gasteiger partial charge in [0.15, 0.2) is 0 Å². The molecule has 0 spiro atoms. The minimum absolute atomic E-state index is 0.235. The summed E-state index contributed by atoms with van der Waals surface area (Å²) in [4.78, 5) is 2.37. The van der Waals surface area contributed by atoms with Crippen LogP contribution in [0.4, 0.5) is 0 Å². The van der Waals surface area contributed by atoms with Crippen LogP contribution in [0.5, 0.6) is 0 Å². The van der Waals surface area contributed by atoms with Crippen LogP contribution in [0.25, 0.3) is 6.08 Å². The van der Waals surface area contributed by atoms with Crippen LogP contribution in [0.2, 0.25) is 10.0 Å². The zero-order valence-electron chi connectivity index (χ0n) is 14.9. The Bertz CT molecular complexity index is 856. The number of hydrogen-bond acceptors (Lipinski definition) is 3. The van der Waals surface area contributed by atoms with E-state index in [4.69, 9.17) is 28.3 Å². The molecular weight excluding hydrogens is 365 g/mol. The highest BCUT2D eigenvalue weighted by atomic mass is 35.5. The average molecular weight is 386 g/mol. The Morgan fingerprint density at radius 2 is 1.58 bits per heavy atom. The molecule has 1 fully saturated rings. The van der Waals surface area contributed by atoms with E-state index in [0.717, 1.165) is 28.7 Å². The Kier molecular flexibility index (Phi) is 4.78. The Morgan fingerprint density at radius 3 is 2.23 bits per heavy atom. The van der Waals surface area contributed by atoms with Gasteiger partial charge in [-0.3, -0.25) is 5.01 Å². The molecule has 2 heterocycles. The van der Waals surface area contributed by atoms with Crippen LogP contribution < -0.4 is 0 Å². The number of likely N-dealkylation sites (N-methyl/N-ethyl adjacent to an activating group) is 1. The van der Waals surface area contributed by atoms with Crippen molar-refractivity contribution < 1.29 is 0 Å². The maximum absolute atomic E-state index is 6.07. The molecule has 4 rings (SSSR count). The number of nitrogens with zero attached hydrogens (tertiary/aromatic N) is 3. The first kappa shape index (κ1) is 17.6. The number of hydrazone groups is 1. The van der Waals surface area contributed by atoms with Crippen molar-refractivity contribution in [2.45, 2.75) is 6.04 Å². The molecule has 0 N–H and O–H groups in total. The Hall–Kier alpha value is -1.81. The van der Waals surface area contributed by atoms with Gasteiger partial charge in [-0.2, -0.15) is 5.10 Å². The first-order valence-corrected chi connectivity index (χ1v) is 9.49. The van der Waals surface area contributed by atoms with Crippen molar-refractivity contribution in [2.24, 2.45) is 11.0 Å². The summed E-state index contributed by atoms with van der Waals surface area (Å²) in [7, 11) is 4.23. The van der Waals surface area contributed by atoms with Gasteiger partial charge in [0.1, 0.15) is 0 Å². The summed E-state index contributed by atoms with van der Waals surface area (Å²) in [5.74, 6) is 0.346. The molecule has 2 aliphatic heterocycles. The van der Waals surface area contributed by atoms with Gasteiger partial charge in [0.25, 0.3) is 0 Å². The number of hydrogen-bond donors (Lipinski definition) is 0. The van der Waals surface area contributed by atoms with Crippen LogP contribution in [0.1, 0.15) is 17.2 Å². The highest BCUT2D eigenvalue weighted by molar-refractivity contribution is 6.30. The molecule has 26 heavy (non-hydrogen) atoms. The van der Waals surface area contributed by atoms with Crippen LogP contribution in [-0.4, -0.2) is 42.8 Å². The summed E-state index contributed by atoms with van der Waals surface area (Å²) < 4.78 is 0. The number of fused-ring (bicyclic) bond motifs is 1. The van der Waals surface area contributed by atoms with Crippen molar-refractivity contribution in [1.29, 1.82) is 0 Å². The molecule has 0 amide bonds. The van der Waals surface area contributed by atoms with Crippen LogP contribution in [-0.2, 0) is 0 Å². The molecule has 134 valence electrons. The normalized spacial score (nSPS) is 24.7. The van der Waals surface area contributed by atoms with Gasteiger partial charge in [-0.1, -0.05) is 47.5 Å². The van der Waals surface area contributed by atoms with E-state index in [1.165, 1.54) is 16.8 Å². The topological polar surface area (TPSA) is 18.8 Å². The van der Waals surface area contributed by atoms with Crippen LogP contribution in [0.3, 0.4) is 0 Å². The van der Waals surface area contributed by atoms with Crippen LogP contribution in [0.15, 0.2) is 59.2 Å². The Balaban J connectivity index is 1.68. The van der Waals surface area contributed by atoms with E-state index in [2.05, 4.69) is 54.3 Å². The first-order chi connectivity index (χ1) is 12.5. The van der Waals surface area contributed by atoms with Crippen molar-refractivity contribution in [3.8, 4) is 0 Å². The van der Waals surface area contributed by atoms with Crippen molar-refractivity contribution >= 4 is 35.0 Å². The molecule has 1 saturated heterocycles. The molecule has 0 saturated carbocycles. The molecule has 0 radical (unpaired) electrons. The largest absolute Gasteiger partial charge is 0.301 e. The predicted octanol–water partition coefficient (Wildman–Crippen LogP) is 4.98. The van der Waals surface area contributed by atoms with E-state index in [1.54, 1.807) is 0 Å². The highest BCUT2D eigenvalue weighted by Gasteiger charge is 2.41. The third-order valence-corrected chi connectivity index (χ3v) is 5.60. The lowest BCUT2D eigenvalue weighted by Gasteiger charge is -2.34. The van der Waals surface area contributed by atoms with Gasteiger partial charge in [-0.25, -0.2) is 0 Å². The average Bonchev–Trinajstić information content (AvgIpc) is 2.94. The molecule has 2 aromatic rings. The molecule has 3 nitrogen and oxygen atoms in total. The zero-order chi connectivity index (χ0) is 18.3. The van der Waals surface area contributed by atoms with Crippen molar-refractivity contribution in [3.05, 3.63) is 75.3 Å². The fourth-order valence-corrected chi connectivity index (χ4v) is 4.22. The minimum atomic E-state index is 0.235. The molecule has 0 aromatic heterocycles. The third-order valence-electron chi connectivity index (χ3n) is 5.10. The molecule has 0 aliphatic carbocycles. The third kappa shape index (κ3) is 3.39. The first-order valence-electron chi connectivity index (χ1n) is 8.73. The zero-order valence-corrected chi connectivity index (χ0v) is 16.4. The number of halogens is 2. The Labute approximate surface area is 164 Å². The monoisotopic (exact) mass is 385 g/mol. The van der Waals surface area contributed by atoms with Gasteiger partial charge in [0.2, 0.25) is 0 Å². The number of likely N-dealkylation sites (tertiary alicyclic amines) is 1. The van der Waals surface area contributed by atoms with Crippen molar-refractivity contribution in [3.63, 3.8) is 0 Å². The summed E-state index contributed by atoms with van der Waals surface area (Å²) in [6, 6.07) is 16.3.